The second-order valence-electron chi connectivity index (χ2n) is 6.75. The van der Waals surface area contributed by atoms with Crippen LogP contribution in [0.25, 0.3) is 0 Å². The normalized spacial score (nSPS) is 18.9. The number of amides is 1. The lowest BCUT2D eigenvalue weighted by Gasteiger charge is -2.38. The fourth-order valence-corrected chi connectivity index (χ4v) is 2.94. The van der Waals surface area contributed by atoms with E-state index in [1.54, 1.807) is 37.1 Å². The molecule has 0 N–H and O–H groups in total. The third-order valence-electron chi connectivity index (χ3n) is 4.60. The molecule has 2 rings (SSSR count). The molecular weight excluding hydrogens is 253 g/mol. The van der Waals surface area contributed by atoms with Crippen LogP contribution in [0.15, 0.2) is 18.2 Å². The Morgan fingerprint density at radius 1 is 1.30 bits per heavy atom. The highest BCUT2D eigenvalue weighted by Gasteiger charge is 2.31. The van der Waals surface area contributed by atoms with Gasteiger partial charge in [0.1, 0.15) is 5.82 Å². The molecule has 0 aliphatic heterocycles. The Morgan fingerprint density at radius 3 is 2.50 bits per heavy atom. The lowest BCUT2D eigenvalue weighted by atomic mass is 9.75. The van der Waals surface area contributed by atoms with Gasteiger partial charge in [0.15, 0.2) is 0 Å². The Balaban J connectivity index is 2.11. The molecule has 1 aliphatic carbocycles. The maximum absolute atomic E-state index is 14.1. The summed E-state index contributed by atoms with van der Waals surface area (Å²) < 4.78 is 14.1. The minimum Gasteiger partial charge on any atom is -0.339 e. The van der Waals surface area contributed by atoms with E-state index in [4.69, 9.17) is 0 Å². The molecule has 0 saturated heterocycles. The molecule has 1 aliphatic rings. The fraction of sp³-hybridized carbons (Fsp3) is 0.588. The van der Waals surface area contributed by atoms with Crippen LogP contribution in [0.1, 0.15) is 55.5 Å². The van der Waals surface area contributed by atoms with Crippen LogP contribution in [0.2, 0.25) is 0 Å². The van der Waals surface area contributed by atoms with Gasteiger partial charge in [-0.1, -0.05) is 26.0 Å². The van der Waals surface area contributed by atoms with Gasteiger partial charge in [-0.25, -0.2) is 4.39 Å². The third-order valence-corrected chi connectivity index (χ3v) is 4.60. The molecule has 1 aromatic carbocycles. The van der Waals surface area contributed by atoms with Gasteiger partial charge < -0.3 is 4.90 Å². The van der Waals surface area contributed by atoms with Gasteiger partial charge in [0.25, 0.3) is 5.91 Å². The Kier molecular flexibility index (Phi) is 4.17. The van der Waals surface area contributed by atoms with Crippen LogP contribution in [0.3, 0.4) is 0 Å². The number of hydrogen-bond acceptors (Lipinski definition) is 1. The monoisotopic (exact) mass is 277 g/mol. The molecule has 0 aromatic heterocycles. The summed E-state index contributed by atoms with van der Waals surface area (Å²) >= 11 is 0. The maximum atomic E-state index is 14.1. The fourth-order valence-electron chi connectivity index (χ4n) is 2.94. The molecular formula is C17H24FNO. The van der Waals surface area contributed by atoms with Gasteiger partial charge in [-0.15, -0.1) is 0 Å². The SMILES string of the molecule is Cc1cccc(C(=O)N(C)C2CCC(C)(C)CC2)c1F. The third kappa shape index (κ3) is 3.02. The predicted octanol–water partition coefficient (Wildman–Crippen LogP) is 4.17. The standard InChI is InChI=1S/C17H24FNO/c1-12-6-5-7-14(15(12)18)16(20)19(4)13-8-10-17(2,3)11-9-13/h5-7,13H,8-11H2,1-4H3. The molecule has 1 aromatic rings. The first kappa shape index (κ1) is 15.0. The number of aryl methyl sites for hydroxylation is 1. The lowest BCUT2D eigenvalue weighted by molar-refractivity contribution is 0.0630. The average Bonchev–Trinajstić information content (AvgIpc) is 2.40. The molecule has 1 amide bonds. The number of hydrogen-bond donors (Lipinski definition) is 0. The molecule has 0 bridgehead atoms. The first-order valence-corrected chi connectivity index (χ1v) is 7.34. The Labute approximate surface area is 121 Å². The van der Waals surface area contributed by atoms with Gasteiger partial charge in [-0.05, 0) is 49.7 Å². The van der Waals surface area contributed by atoms with Crippen molar-refractivity contribution >= 4 is 5.91 Å². The minimum absolute atomic E-state index is 0.192. The first-order chi connectivity index (χ1) is 9.32. The van der Waals surface area contributed by atoms with Crippen molar-refractivity contribution in [3.63, 3.8) is 0 Å². The van der Waals surface area contributed by atoms with E-state index in [2.05, 4.69) is 13.8 Å². The van der Waals surface area contributed by atoms with Gasteiger partial charge in [-0.2, -0.15) is 0 Å². The zero-order valence-corrected chi connectivity index (χ0v) is 12.9. The minimum atomic E-state index is -0.388. The van der Waals surface area contributed by atoms with Crippen LogP contribution in [-0.2, 0) is 0 Å². The second kappa shape index (κ2) is 5.55. The zero-order valence-electron chi connectivity index (χ0n) is 12.9. The van der Waals surface area contributed by atoms with E-state index >= 15 is 0 Å². The average molecular weight is 277 g/mol. The largest absolute Gasteiger partial charge is 0.339 e. The lowest BCUT2D eigenvalue weighted by Crippen LogP contribution is -2.41. The highest BCUT2D eigenvalue weighted by atomic mass is 19.1. The summed E-state index contributed by atoms with van der Waals surface area (Å²) in [6.45, 7) is 6.23. The van der Waals surface area contributed by atoms with Gasteiger partial charge in [0, 0.05) is 13.1 Å². The van der Waals surface area contributed by atoms with Crippen LogP contribution >= 0.6 is 0 Å². The van der Waals surface area contributed by atoms with Gasteiger partial charge in [0.05, 0.1) is 5.56 Å². The number of benzene rings is 1. The Morgan fingerprint density at radius 2 is 1.90 bits per heavy atom. The molecule has 3 heteroatoms. The Hall–Kier alpha value is -1.38. The summed E-state index contributed by atoms with van der Waals surface area (Å²) in [5, 5.41) is 0. The number of carbonyl (C=O) groups excluding carboxylic acids is 1. The molecule has 1 fully saturated rings. The van der Waals surface area contributed by atoms with Gasteiger partial charge in [0.2, 0.25) is 0 Å². The molecule has 0 radical (unpaired) electrons. The molecule has 2 nitrogen and oxygen atoms in total. The molecule has 0 heterocycles. The van der Waals surface area contributed by atoms with E-state index < -0.39 is 0 Å². The number of carbonyl (C=O) groups is 1. The van der Waals surface area contributed by atoms with Crippen molar-refractivity contribution < 1.29 is 9.18 Å². The van der Waals surface area contributed by atoms with Crippen LogP contribution in [0.5, 0.6) is 0 Å². The van der Waals surface area contributed by atoms with Gasteiger partial charge in [-0.3, -0.25) is 4.79 Å². The Bertz CT molecular complexity index is 500. The van der Waals surface area contributed by atoms with Crippen LogP contribution in [0, 0.1) is 18.2 Å². The van der Waals surface area contributed by atoms with Crippen LogP contribution in [-0.4, -0.2) is 23.9 Å². The number of halogens is 1. The smallest absolute Gasteiger partial charge is 0.256 e. The van der Waals surface area contributed by atoms with Crippen molar-refractivity contribution in [2.24, 2.45) is 5.41 Å². The molecule has 0 unspecified atom stereocenters. The predicted molar refractivity (Wildman–Crippen MR) is 79.3 cm³/mol. The van der Waals surface area contributed by atoms with Crippen molar-refractivity contribution in [2.45, 2.75) is 52.5 Å². The molecule has 0 spiro atoms. The van der Waals surface area contributed by atoms with Crippen molar-refractivity contribution in [3.8, 4) is 0 Å². The first-order valence-electron chi connectivity index (χ1n) is 7.34. The van der Waals surface area contributed by atoms with Crippen molar-refractivity contribution in [1.29, 1.82) is 0 Å². The summed E-state index contributed by atoms with van der Waals surface area (Å²) in [6.07, 6.45) is 4.24. The van der Waals surface area contributed by atoms with E-state index in [0.717, 1.165) is 25.7 Å². The molecule has 110 valence electrons. The number of nitrogens with zero attached hydrogens (tertiary/aromatic N) is 1. The van der Waals surface area contributed by atoms with Crippen LogP contribution < -0.4 is 0 Å². The highest BCUT2D eigenvalue weighted by molar-refractivity contribution is 5.94. The van der Waals surface area contributed by atoms with E-state index in [0.29, 0.717) is 11.0 Å². The molecule has 20 heavy (non-hydrogen) atoms. The van der Waals surface area contributed by atoms with E-state index in [9.17, 15) is 9.18 Å². The second-order valence-corrected chi connectivity index (χ2v) is 6.75. The van der Waals surface area contributed by atoms with Gasteiger partial charge >= 0.3 is 0 Å². The summed E-state index contributed by atoms with van der Waals surface area (Å²) in [5.74, 6) is -0.587. The topological polar surface area (TPSA) is 20.3 Å². The maximum Gasteiger partial charge on any atom is 0.256 e. The summed E-state index contributed by atoms with van der Waals surface area (Å²) in [5.41, 5.74) is 1.08. The van der Waals surface area contributed by atoms with E-state index in [-0.39, 0.29) is 23.3 Å². The molecule has 1 saturated carbocycles. The summed E-state index contributed by atoms with van der Waals surface area (Å²) in [7, 11) is 1.80. The van der Waals surface area contributed by atoms with Crippen molar-refractivity contribution in [3.05, 3.63) is 35.1 Å². The zero-order chi connectivity index (χ0) is 14.9. The quantitative estimate of drug-likeness (QED) is 0.794. The molecule has 0 atom stereocenters. The van der Waals surface area contributed by atoms with E-state index in [1.807, 2.05) is 0 Å². The summed E-state index contributed by atoms with van der Waals surface area (Å²) in [6, 6.07) is 5.24. The summed E-state index contributed by atoms with van der Waals surface area (Å²) in [4.78, 5) is 14.2. The number of rotatable bonds is 2. The van der Waals surface area contributed by atoms with E-state index in [1.165, 1.54) is 0 Å². The van der Waals surface area contributed by atoms with Crippen molar-refractivity contribution in [1.82, 2.24) is 4.90 Å². The van der Waals surface area contributed by atoms with Crippen molar-refractivity contribution in [2.75, 3.05) is 7.05 Å². The van der Waals surface area contributed by atoms with Crippen LogP contribution in [0.4, 0.5) is 4.39 Å². The highest BCUT2D eigenvalue weighted by Crippen LogP contribution is 2.36.